The van der Waals surface area contributed by atoms with Crippen LogP contribution in [-0.4, -0.2) is 19.1 Å². The van der Waals surface area contributed by atoms with Gasteiger partial charge in [-0.15, -0.1) is 0 Å². The van der Waals surface area contributed by atoms with E-state index in [0.717, 1.165) is 21.3 Å². The number of hydrogen-bond acceptors (Lipinski definition) is 6. The molecule has 4 rings (SSSR count). The lowest BCUT2D eigenvalue weighted by molar-refractivity contribution is 0.546. The molecule has 5 N–H and O–H groups in total. The molecule has 0 aliphatic rings. The maximum Gasteiger partial charge on any atom is 0.330 e. The van der Waals surface area contributed by atoms with Crippen LogP contribution >= 0.6 is 11.6 Å². The Kier molecular flexibility index (Phi) is 13.1. The second-order valence-electron chi connectivity index (χ2n) is 10.6. The molecule has 2 aromatic carbocycles. The van der Waals surface area contributed by atoms with Crippen molar-refractivity contribution in [3.05, 3.63) is 130 Å². The molecular formula is C30H35ClF4N6O4. The fraction of sp³-hybridized carbons (Fsp3) is 0.333. The third-order valence-electron chi connectivity index (χ3n) is 6.10. The molecule has 0 saturated heterocycles. The largest absolute Gasteiger partial charge is 0.365 e. The van der Waals surface area contributed by atoms with Gasteiger partial charge in [-0.05, 0) is 76.9 Å². The van der Waals surface area contributed by atoms with Gasteiger partial charge >= 0.3 is 11.4 Å². The minimum Gasteiger partial charge on any atom is -0.365 e. The lowest BCUT2D eigenvalue weighted by atomic mass is 10.1. The van der Waals surface area contributed by atoms with Crippen LogP contribution in [0.5, 0.6) is 0 Å². The van der Waals surface area contributed by atoms with Gasteiger partial charge in [-0.2, -0.15) is 0 Å². The Morgan fingerprint density at radius 1 is 0.644 bits per heavy atom. The Hall–Kier alpha value is -4.43. The van der Waals surface area contributed by atoms with Crippen LogP contribution in [0.3, 0.4) is 0 Å². The van der Waals surface area contributed by atoms with Gasteiger partial charge in [0.25, 0.3) is 11.1 Å². The van der Waals surface area contributed by atoms with Crippen LogP contribution < -0.4 is 33.5 Å². The van der Waals surface area contributed by atoms with Crippen molar-refractivity contribution < 1.29 is 17.6 Å². The van der Waals surface area contributed by atoms with Crippen LogP contribution in [-0.2, 0) is 0 Å². The summed E-state index contributed by atoms with van der Waals surface area (Å²) in [5.41, 5.74) is 4.43. The van der Waals surface area contributed by atoms with Crippen molar-refractivity contribution in [1.29, 1.82) is 0 Å². The number of rotatable bonds is 6. The number of nitrogens with two attached hydrogens (primary N) is 1. The first-order valence-corrected chi connectivity index (χ1v) is 14.1. The predicted octanol–water partition coefficient (Wildman–Crippen LogP) is 5.32. The van der Waals surface area contributed by atoms with Crippen molar-refractivity contribution in [2.75, 3.05) is 5.32 Å². The van der Waals surface area contributed by atoms with Gasteiger partial charge in [0, 0.05) is 42.4 Å². The first-order valence-electron chi connectivity index (χ1n) is 13.7. The number of hydrogen-bond donors (Lipinski definition) is 4. The molecule has 244 valence electrons. The number of halogens is 5. The van der Waals surface area contributed by atoms with Gasteiger partial charge in [-0.25, -0.2) is 27.2 Å². The average Bonchev–Trinajstić information content (AvgIpc) is 2.86. The van der Waals surface area contributed by atoms with Gasteiger partial charge in [0.05, 0.1) is 6.04 Å². The molecule has 0 aliphatic heterocycles. The molecule has 4 aromatic rings. The Balaban J connectivity index is 0.000000259. The molecule has 15 heteroatoms. The minimum atomic E-state index is -0.688. The fourth-order valence-corrected chi connectivity index (χ4v) is 4.19. The zero-order chi connectivity index (χ0) is 34.2. The van der Waals surface area contributed by atoms with E-state index >= 15 is 0 Å². The fourth-order valence-electron chi connectivity index (χ4n) is 4.02. The van der Waals surface area contributed by atoms with E-state index < -0.39 is 46.2 Å². The molecule has 2 atom stereocenters. The van der Waals surface area contributed by atoms with Crippen LogP contribution in [0, 0.1) is 23.3 Å². The highest BCUT2D eigenvalue weighted by Crippen LogP contribution is 2.19. The van der Waals surface area contributed by atoms with E-state index in [1.165, 1.54) is 36.4 Å². The van der Waals surface area contributed by atoms with Gasteiger partial charge in [0.1, 0.15) is 34.2 Å². The summed E-state index contributed by atoms with van der Waals surface area (Å²) < 4.78 is 53.6. The van der Waals surface area contributed by atoms with Crippen molar-refractivity contribution in [3.8, 4) is 0 Å². The number of nitrogens with one attached hydrogen (secondary N) is 3. The van der Waals surface area contributed by atoms with E-state index in [1.807, 2.05) is 0 Å². The summed E-state index contributed by atoms with van der Waals surface area (Å²) in [5.74, 6) is -2.35. The molecule has 0 amide bonds. The normalized spacial score (nSPS) is 12.1. The number of aromatic amines is 2. The average molecular weight is 655 g/mol. The van der Waals surface area contributed by atoms with Crippen LogP contribution in [0.25, 0.3) is 0 Å². The van der Waals surface area contributed by atoms with Crippen molar-refractivity contribution in [2.24, 2.45) is 5.73 Å². The lowest BCUT2D eigenvalue weighted by Crippen LogP contribution is -2.36. The van der Waals surface area contributed by atoms with E-state index in [0.29, 0.717) is 11.1 Å². The number of H-pyrrole nitrogens is 2. The molecule has 0 fully saturated rings. The van der Waals surface area contributed by atoms with Crippen LogP contribution in [0.15, 0.2) is 67.7 Å². The SMILES string of the molecule is CC(C)n1c(=O)cc(Cl)[nH]c1=O.CC(C)n1c(=O)cc(N[C@@H](C)c2cc(F)cc(F)c2)[nH]c1=O.C[C@H](N)c1cc(F)cc(F)c1. The molecule has 0 aliphatic carbocycles. The van der Waals surface area contributed by atoms with Gasteiger partial charge in [0.15, 0.2) is 0 Å². The van der Waals surface area contributed by atoms with Gasteiger partial charge < -0.3 is 11.1 Å². The quantitative estimate of drug-likeness (QED) is 0.163. The van der Waals surface area contributed by atoms with Crippen molar-refractivity contribution in [2.45, 2.75) is 65.7 Å². The molecule has 0 saturated carbocycles. The zero-order valence-electron chi connectivity index (χ0n) is 25.4. The number of nitrogens with zero attached hydrogens (tertiary/aromatic N) is 2. The molecule has 2 heterocycles. The topological polar surface area (TPSA) is 148 Å². The monoisotopic (exact) mass is 654 g/mol. The van der Waals surface area contributed by atoms with E-state index in [-0.39, 0.29) is 34.7 Å². The molecule has 0 radical (unpaired) electrons. The van der Waals surface area contributed by atoms with Crippen molar-refractivity contribution >= 4 is 17.4 Å². The smallest absolute Gasteiger partial charge is 0.330 e. The van der Waals surface area contributed by atoms with Crippen LogP contribution in [0.4, 0.5) is 23.4 Å². The first-order chi connectivity index (χ1) is 20.9. The lowest BCUT2D eigenvalue weighted by Gasteiger charge is -2.16. The maximum atomic E-state index is 13.2. The standard InChI is InChI=1S/C15H17F2N3O2.C8H9F2N.C7H9ClN2O2/c1-8(2)20-14(21)7-13(19-15(20)22)18-9(3)10-4-11(16)6-12(17)5-10;1-5(11)6-2-7(9)4-8(10)3-6;1-4(2)10-6(11)3-5(8)9-7(10)12/h4-9,18H,1-3H3,(H,19,22);2-5H,11H2,1H3;3-4H,1-2H3,(H,9,12)/t9-;5-;/m00./s1. The van der Waals surface area contributed by atoms with E-state index in [2.05, 4.69) is 15.3 Å². The molecule has 0 bridgehead atoms. The Bertz CT molecular complexity index is 1750. The Morgan fingerprint density at radius 3 is 1.42 bits per heavy atom. The highest BCUT2D eigenvalue weighted by atomic mass is 35.5. The second-order valence-corrected chi connectivity index (χ2v) is 11.0. The van der Waals surface area contributed by atoms with Crippen LogP contribution in [0.2, 0.25) is 5.15 Å². The van der Waals surface area contributed by atoms with Crippen molar-refractivity contribution in [1.82, 2.24) is 19.1 Å². The van der Waals surface area contributed by atoms with Gasteiger partial charge in [-0.3, -0.25) is 28.7 Å². The molecule has 45 heavy (non-hydrogen) atoms. The molecule has 0 spiro atoms. The highest BCUT2D eigenvalue weighted by molar-refractivity contribution is 6.29. The van der Waals surface area contributed by atoms with Crippen molar-refractivity contribution in [3.63, 3.8) is 0 Å². The predicted molar refractivity (Wildman–Crippen MR) is 166 cm³/mol. The summed E-state index contributed by atoms with van der Waals surface area (Å²) >= 11 is 5.46. The van der Waals surface area contributed by atoms with Gasteiger partial charge in [-0.1, -0.05) is 11.6 Å². The molecule has 2 aromatic heterocycles. The third kappa shape index (κ3) is 10.9. The van der Waals surface area contributed by atoms with Crippen LogP contribution in [0.1, 0.15) is 76.8 Å². The zero-order valence-corrected chi connectivity index (χ0v) is 26.2. The van der Waals surface area contributed by atoms with E-state index in [1.54, 1.807) is 41.5 Å². The van der Waals surface area contributed by atoms with E-state index in [4.69, 9.17) is 17.3 Å². The number of benzene rings is 2. The molecule has 10 nitrogen and oxygen atoms in total. The number of aromatic nitrogens is 4. The second kappa shape index (κ2) is 16.0. The Morgan fingerprint density at radius 2 is 1.04 bits per heavy atom. The third-order valence-corrected chi connectivity index (χ3v) is 6.30. The maximum absolute atomic E-state index is 13.2. The van der Waals surface area contributed by atoms with E-state index in [9.17, 15) is 36.7 Å². The molecule has 0 unspecified atom stereocenters. The summed E-state index contributed by atoms with van der Waals surface area (Å²) in [5, 5.41) is 2.93. The first kappa shape index (κ1) is 36.8. The van der Waals surface area contributed by atoms with Gasteiger partial charge in [0.2, 0.25) is 0 Å². The summed E-state index contributed by atoms with van der Waals surface area (Å²) in [6.07, 6.45) is 0. The summed E-state index contributed by atoms with van der Waals surface area (Å²) in [4.78, 5) is 50.9. The summed E-state index contributed by atoms with van der Waals surface area (Å²) in [7, 11) is 0. The minimum absolute atomic E-state index is 0.0712. The highest BCUT2D eigenvalue weighted by Gasteiger charge is 2.12. The number of anilines is 1. The summed E-state index contributed by atoms with van der Waals surface area (Å²) in [6.45, 7) is 10.3. The summed E-state index contributed by atoms with van der Waals surface area (Å²) in [6, 6.07) is 7.63. The molecular weight excluding hydrogens is 620 g/mol. The Labute approximate surface area is 260 Å².